The second-order valence-corrected chi connectivity index (χ2v) is 9.23. The maximum atomic E-state index is 12.7. The summed E-state index contributed by atoms with van der Waals surface area (Å²) in [6, 6.07) is 7.36. The van der Waals surface area contributed by atoms with Crippen molar-refractivity contribution in [3.05, 3.63) is 52.8 Å². The normalized spacial score (nSPS) is 21.2. The Bertz CT molecular complexity index is 1140. The fourth-order valence-electron chi connectivity index (χ4n) is 5.23. The molecule has 1 unspecified atom stereocenters. The van der Waals surface area contributed by atoms with Crippen molar-refractivity contribution in [3.8, 4) is 11.1 Å². The van der Waals surface area contributed by atoms with Gasteiger partial charge in [0.15, 0.2) is 0 Å². The average molecular weight is 401 g/mol. The SMILES string of the molecule is Cc1c[nH]c2ncc(-c3cc4c(c(C5CCCN5)c3)CCN(C(=O)C3CC3)C4)cc12. The molecule has 6 rings (SSSR count). The van der Waals surface area contributed by atoms with Crippen LogP contribution in [0.1, 0.15) is 54.0 Å². The number of benzene rings is 1. The fraction of sp³-hybridized carbons (Fsp3) is 0.440. The summed E-state index contributed by atoms with van der Waals surface area (Å²) in [7, 11) is 0. The summed E-state index contributed by atoms with van der Waals surface area (Å²) in [5.41, 5.74) is 8.74. The molecule has 1 saturated heterocycles. The molecule has 2 fully saturated rings. The van der Waals surface area contributed by atoms with Crippen molar-refractivity contribution in [2.45, 2.75) is 51.6 Å². The zero-order valence-corrected chi connectivity index (χ0v) is 17.5. The molecular weight excluding hydrogens is 372 g/mol. The Morgan fingerprint density at radius 3 is 2.87 bits per heavy atom. The molecule has 30 heavy (non-hydrogen) atoms. The Labute approximate surface area is 176 Å². The van der Waals surface area contributed by atoms with Crippen molar-refractivity contribution in [2.75, 3.05) is 13.1 Å². The lowest BCUT2D eigenvalue weighted by atomic mass is 9.86. The number of carbonyl (C=O) groups excluding carboxylic acids is 1. The number of H-pyrrole nitrogens is 1. The van der Waals surface area contributed by atoms with E-state index in [2.05, 4.69) is 45.3 Å². The second-order valence-electron chi connectivity index (χ2n) is 9.23. The number of aryl methyl sites for hydroxylation is 1. The van der Waals surface area contributed by atoms with Gasteiger partial charge in [0.25, 0.3) is 0 Å². The third-order valence-corrected chi connectivity index (χ3v) is 7.11. The number of aromatic amines is 1. The molecule has 2 aromatic heterocycles. The van der Waals surface area contributed by atoms with Crippen LogP contribution >= 0.6 is 0 Å². The lowest BCUT2D eigenvalue weighted by Gasteiger charge is -2.32. The van der Waals surface area contributed by atoms with Crippen LogP contribution in [0.2, 0.25) is 0 Å². The number of aromatic nitrogens is 2. The third kappa shape index (κ3) is 3.03. The minimum absolute atomic E-state index is 0.286. The van der Waals surface area contributed by atoms with Gasteiger partial charge in [-0.3, -0.25) is 4.79 Å². The topological polar surface area (TPSA) is 61.0 Å². The number of rotatable bonds is 3. The molecule has 0 spiro atoms. The lowest BCUT2D eigenvalue weighted by Crippen LogP contribution is -2.37. The van der Waals surface area contributed by atoms with Crippen LogP contribution in [0.25, 0.3) is 22.2 Å². The highest BCUT2D eigenvalue weighted by molar-refractivity contribution is 5.85. The van der Waals surface area contributed by atoms with Gasteiger partial charge in [0.2, 0.25) is 5.91 Å². The molecule has 2 aliphatic heterocycles. The van der Waals surface area contributed by atoms with Crippen LogP contribution in [0.5, 0.6) is 0 Å². The minimum Gasteiger partial charge on any atom is -0.346 e. The van der Waals surface area contributed by atoms with Crippen LogP contribution < -0.4 is 5.32 Å². The van der Waals surface area contributed by atoms with Crippen molar-refractivity contribution in [1.29, 1.82) is 0 Å². The maximum Gasteiger partial charge on any atom is 0.225 e. The molecule has 3 aliphatic rings. The van der Waals surface area contributed by atoms with E-state index in [1.807, 2.05) is 12.4 Å². The first-order chi connectivity index (χ1) is 14.7. The van der Waals surface area contributed by atoms with E-state index < -0.39 is 0 Å². The number of nitrogens with one attached hydrogen (secondary N) is 2. The van der Waals surface area contributed by atoms with Crippen molar-refractivity contribution < 1.29 is 4.79 Å². The van der Waals surface area contributed by atoms with Gasteiger partial charge in [0.1, 0.15) is 5.65 Å². The molecule has 4 heterocycles. The summed E-state index contributed by atoms with van der Waals surface area (Å²) in [5.74, 6) is 0.645. The smallest absolute Gasteiger partial charge is 0.225 e. The second kappa shape index (κ2) is 6.95. The number of hydrogen-bond acceptors (Lipinski definition) is 3. The van der Waals surface area contributed by atoms with Crippen LogP contribution in [0, 0.1) is 12.8 Å². The van der Waals surface area contributed by atoms with Gasteiger partial charge >= 0.3 is 0 Å². The number of pyridine rings is 1. The largest absolute Gasteiger partial charge is 0.346 e. The summed E-state index contributed by atoms with van der Waals surface area (Å²) >= 11 is 0. The minimum atomic E-state index is 0.286. The summed E-state index contributed by atoms with van der Waals surface area (Å²) in [6.07, 6.45) is 9.52. The zero-order chi connectivity index (χ0) is 20.2. The van der Waals surface area contributed by atoms with Crippen molar-refractivity contribution >= 4 is 16.9 Å². The summed E-state index contributed by atoms with van der Waals surface area (Å²) < 4.78 is 0. The van der Waals surface area contributed by atoms with Gasteiger partial charge in [-0.2, -0.15) is 0 Å². The predicted octanol–water partition coefficient (Wildman–Crippen LogP) is 4.26. The number of amides is 1. The number of hydrogen-bond donors (Lipinski definition) is 2. The Hall–Kier alpha value is -2.66. The Balaban J connectivity index is 1.44. The van der Waals surface area contributed by atoms with Gasteiger partial charge in [-0.25, -0.2) is 4.98 Å². The average Bonchev–Trinajstić information content (AvgIpc) is 3.36. The molecule has 0 radical (unpaired) electrons. The van der Waals surface area contributed by atoms with E-state index in [1.165, 1.54) is 46.0 Å². The quantitative estimate of drug-likeness (QED) is 0.691. The lowest BCUT2D eigenvalue weighted by molar-refractivity contribution is -0.133. The van der Waals surface area contributed by atoms with Crippen LogP contribution in [-0.4, -0.2) is 33.9 Å². The van der Waals surface area contributed by atoms with E-state index in [9.17, 15) is 4.79 Å². The molecule has 154 valence electrons. The van der Waals surface area contributed by atoms with E-state index in [4.69, 9.17) is 0 Å². The molecular formula is C25H28N4O. The van der Waals surface area contributed by atoms with Crippen LogP contribution in [0.15, 0.2) is 30.6 Å². The Kier molecular flexibility index (Phi) is 4.20. The highest BCUT2D eigenvalue weighted by Gasteiger charge is 2.35. The Morgan fingerprint density at radius 1 is 1.17 bits per heavy atom. The molecule has 2 N–H and O–H groups in total. The predicted molar refractivity (Wildman–Crippen MR) is 118 cm³/mol. The fourth-order valence-corrected chi connectivity index (χ4v) is 5.23. The van der Waals surface area contributed by atoms with Gasteiger partial charge in [-0.05, 0) is 91.6 Å². The van der Waals surface area contributed by atoms with Gasteiger partial charge < -0.3 is 15.2 Å². The monoisotopic (exact) mass is 400 g/mol. The number of carbonyl (C=O) groups is 1. The first kappa shape index (κ1) is 18.1. The molecule has 1 amide bonds. The van der Waals surface area contributed by atoms with Crippen molar-refractivity contribution in [2.24, 2.45) is 5.92 Å². The summed E-state index contributed by atoms with van der Waals surface area (Å²) in [4.78, 5) is 22.7. The highest BCUT2D eigenvalue weighted by atomic mass is 16.2. The van der Waals surface area contributed by atoms with Gasteiger partial charge in [0, 0.05) is 48.4 Å². The molecule has 1 saturated carbocycles. The van der Waals surface area contributed by atoms with Gasteiger partial charge in [0.05, 0.1) is 0 Å². The molecule has 1 atom stereocenters. The first-order valence-electron chi connectivity index (χ1n) is 11.3. The number of fused-ring (bicyclic) bond motifs is 2. The molecule has 1 aromatic carbocycles. The van der Waals surface area contributed by atoms with Crippen molar-refractivity contribution in [3.63, 3.8) is 0 Å². The molecule has 3 aromatic rings. The van der Waals surface area contributed by atoms with Gasteiger partial charge in [-0.15, -0.1) is 0 Å². The zero-order valence-electron chi connectivity index (χ0n) is 17.5. The third-order valence-electron chi connectivity index (χ3n) is 7.11. The first-order valence-corrected chi connectivity index (χ1v) is 11.3. The van der Waals surface area contributed by atoms with Gasteiger partial charge in [-0.1, -0.05) is 0 Å². The van der Waals surface area contributed by atoms with Crippen molar-refractivity contribution in [1.82, 2.24) is 20.2 Å². The van der Waals surface area contributed by atoms with E-state index >= 15 is 0 Å². The van der Waals surface area contributed by atoms with E-state index in [-0.39, 0.29) is 5.92 Å². The highest BCUT2D eigenvalue weighted by Crippen LogP contribution is 2.38. The molecule has 5 heteroatoms. The molecule has 0 bridgehead atoms. The summed E-state index contributed by atoms with van der Waals surface area (Å²) in [6.45, 7) is 4.81. The van der Waals surface area contributed by atoms with Crippen LogP contribution in [0.4, 0.5) is 0 Å². The van der Waals surface area contributed by atoms with E-state index in [0.29, 0.717) is 11.9 Å². The molecule has 5 nitrogen and oxygen atoms in total. The van der Waals surface area contributed by atoms with E-state index in [0.717, 1.165) is 50.1 Å². The molecule has 1 aliphatic carbocycles. The number of nitrogens with zero attached hydrogens (tertiary/aromatic N) is 2. The summed E-state index contributed by atoms with van der Waals surface area (Å²) in [5, 5.41) is 4.87. The van der Waals surface area contributed by atoms with E-state index in [1.54, 1.807) is 0 Å². The standard InChI is InChI=1S/C25H28N4O/c1-15-12-27-24-21(15)11-18(13-28-24)17-9-19-14-29(25(30)16-4-5-16)8-6-20(19)22(10-17)23-3-2-7-26-23/h9-13,16,23,26H,2-8,14H2,1H3,(H,27,28). The Morgan fingerprint density at radius 2 is 2.07 bits per heavy atom. The van der Waals surface area contributed by atoms with Crippen LogP contribution in [0.3, 0.4) is 0 Å². The maximum absolute atomic E-state index is 12.7. The van der Waals surface area contributed by atoms with Crippen LogP contribution in [-0.2, 0) is 17.8 Å².